The van der Waals surface area contributed by atoms with Gasteiger partial charge < -0.3 is 28.4 Å². The van der Waals surface area contributed by atoms with Gasteiger partial charge in [0.1, 0.15) is 24.0 Å². The Kier molecular flexibility index (Phi) is 6.97. The zero-order chi connectivity index (χ0) is 31.0. The number of thiazole rings is 1. The molecule has 0 spiro atoms. The van der Waals surface area contributed by atoms with Gasteiger partial charge in [0.05, 0.1) is 34.6 Å². The molecular weight excluding hydrogens is 682 g/mol. The van der Waals surface area contributed by atoms with Crippen LogP contribution in [0.3, 0.4) is 0 Å². The summed E-state index contributed by atoms with van der Waals surface area (Å²) >= 11 is 6.81. The van der Waals surface area contributed by atoms with Gasteiger partial charge in [-0.3, -0.25) is 9.30 Å². The third-order valence-corrected chi connectivity index (χ3v) is 11.7. The number of nitrogens with zero attached hydrogens (tertiary/aromatic N) is 3. The van der Waals surface area contributed by atoms with Crippen LogP contribution in [0.25, 0.3) is 15.5 Å². The standard InChI is InChI=1S/C32H28BrN3O7S2/c1-15-9-22(45-30(15)33)19-11-36-17(13-44-32(36)34-19)12-40-27-20(38-3)6-5-18-24(27)31(37)43-26(18)25-23-16(7-8-35(25)2)10-21-28(29(23)39-4)42-14-41-21/h5-6,9-11,13,25-26H,7-8,12,14H2,1-4H3. The monoisotopic (exact) mass is 709 g/mol. The maximum Gasteiger partial charge on any atom is 0.343 e. The number of thiophene rings is 1. The molecule has 0 bridgehead atoms. The molecule has 0 fully saturated rings. The summed E-state index contributed by atoms with van der Waals surface area (Å²) in [6.45, 7) is 3.18. The number of aromatic nitrogens is 2. The van der Waals surface area contributed by atoms with Gasteiger partial charge in [-0.25, -0.2) is 9.78 Å². The second-order valence-corrected chi connectivity index (χ2v) is 14.3. The first-order chi connectivity index (χ1) is 21.9. The molecule has 45 heavy (non-hydrogen) atoms. The second-order valence-electron chi connectivity index (χ2n) is 11.1. The number of methoxy groups -OCH3 is 2. The van der Waals surface area contributed by atoms with Crippen LogP contribution in [0.2, 0.25) is 0 Å². The van der Waals surface area contributed by atoms with Crippen LogP contribution in [-0.4, -0.2) is 54.9 Å². The summed E-state index contributed by atoms with van der Waals surface area (Å²) in [5.74, 6) is 2.22. The van der Waals surface area contributed by atoms with Crippen LogP contribution in [0.1, 0.15) is 50.5 Å². The zero-order valence-electron chi connectivity index (χ0n) is 24.8. The number of imidazole rings is 1. The van der Waals surface area contributed by atoms with Crippen LogP contribution in [0.4, 0.5) is 0 Å². The Morgan fingerprint density at radius 2 is 2.02 bits per heavy atom. The third-order valence-electron chi connectivity index (χ3n) is 8.61. The fourth-order valence-corrected chi connectivity index (χ4v) is 8.78. The zero-order valence-corrected chi connectivity index (χ0v) is 28.1. The van der Waals surface area contributed by atoms with Gasteiger partial charge in [-0.1, -0.05) is 6.07 Å². The lowest BCUT2D eigenvalue weighted by Gasteiger charge is -2.38. The number of likely N-dealkylation sites (N-methyl/N-ethyl adjacent to an activating group) is 1. The van der Waals surface area contributed by atoms with Gasteiger partial charge in [-0.2, -0.15) is 0 Å². The maximum atomic E-state index is 13.7. The second kappa shape index (κ2) is 10.9. The normalized spacial score (nSPS) is 18.6. The van der Waals surface area contributed by atoms with Crippen LogP contribution >= 0.6 is 38.6 Å². The van der Waals surface area contributed by atoms with Crippen molar-refractivity contribution in [1.82, 2.24) is 14.3 Å². The van der Waals surface area contributed by atoms with Crippen molar-refractivity contribution in [3.63, 3.8) is 0 Å². The molecule has 5 aromatic rings. The Hall–Kier alpha value is -3.78. The largest absolute Gasteiger partial charge is 0.493 e. The minimum atomic E-state index is -0.600. The number of rotatable bonds is 7. The minimum Gasteiger partial charge on any atom is -0.493 e. The number of ether oxygens (including phenoxy) is 6. The number of hydrogen-bond acceptors (Lipinski definition) is 11. The van der Waals surface area contributed by atoms with Gasteiger partial charge >= 0.3 is 5.97 Å². The topological polar surface area (TPSA) is 93.0 Å². The highest BCUT2D eigenvalue weighted by Gasteiger charge is 2.46. The third kappa shape index (κ3) is 4.50. The first-order valence-electron chi connectivity index (χ1n) is 14.3. The van der Waals surface area contributed by atoms with E-state index in [1.165, 1.54) is 5.56 Å². The lowest BCUT2D eigenvalue weighted by atomic mass is 9.85. The first kappa shape index (κ1) is 28.7. The summed E-state index contributed by atoms with van der Waals surface area (Å²) in [6, 6.07) is 7.56. The lowest BCUT2D eigenvalue weighted by Crippen LogP contribution is -2.36. The van der Waals surface area contributed by atoms with E-state index in [-0.39, 0.29) is 19.4 Å². The average Bonchev–Trinajstić information content (AvgIpc) is 3.86. The number of aryl methyl sites for hydroxylation is 1. The predicted octanol–water partition coefficient (Wildman–Crippen LogP) is 6.96. The Balaban J connectivity index is 1.15. The number of carbonyl (C=O) groups is 1. The smallest absolute Gasteiger partial charge is 0.343 e. The molecule has 10 nitrogen and oxygen atoms in total. The Morgan fingerprint density at radius 3 is 2.80 bits per heavy atom. The molecule has 0 saturated carbocycles. The van der Waals surface area contributed by atoms with Gasteiger partial charge in [0.25, 0.3) is 0 Å². The maximum absolute atomic E-state index is 13.7. The summed E-state index contributed by atoms with van der Waals surface area (Å²) in [7, 11) is 5.22. The molecule has 232 valence electrons. The number of hydrogen-bond donors (Lipinski definition) is 0. The quantitative estimate of drug-likeness (QED) is 0.166. The van der Waals surface area contributed by atoms with E-state index in [2.05, 4.69) is 33.8 Å². The Morgan fingerprint density at radius 1 is 1.16 bits per heavy atom. The van der Waals surface area contributed by atoms with Gasteiger partial charge in [0, 0.05) is 29.2 Å². The number of cyclic esters (lactones) is 1. The van der Waals surface area contributed by atoms with E-state index in [1.54, 1.807) is 36.9 Å². The molecule has 6 heterocycles. The minimum absolute atomic E-state index is 0.138. The van der Waals surface area contributed by atoms with Gasteiger partial charge in [0.2, 0.25) is 12.5 Å². The molecule has 0 aliphatic carbocycles. The van der Waals surface area contributed by atoms with Crippen molar-refractivity contribution < 1.29 is 33.2 Å². The van der Waals surface area contributed by atoms with Crippen molar-refractivity contribution in [2.45, 2.75) is 32.1 Å². The van der Waals surface area contributed by atoms with Gasteiger partial charge in [0.15, 0.2) is 28.0 Å². The fraction of sp³-hybridized carbons (Fsp3) is 0.312. The SMILES string of the molecule is COc1ccc2c(c1OCc1csc3nc(-c4cc(C)c(Br)s4)cn13)C(=O)OC2C1c2c(cc3c(c2OC)OCO3)CCN1C. The number of esters is 1. The number of fused-ring (bicyclic) bond motifs is 4. The first-order valence-corrected chi connectivity index (χ1v) is 16.8. The van der Waals surface area contributed by atoms with Crippen molar-refractivity contribution in [1.29, 1.82) is 0 Å². The van der Waals surface area contributed by atoms with Crippen molar-refractivity contribution >= 4 is 49.5 Å². The molecule has 13 heteroatoms. The summed E-state index contributed by atoms with van der Waals surface area (Å²) in [5.41, 5.74) is 6.11. The molecule has 2 unspecified atom stereocenters. The molecule has 0 radical (unpaired) electrons. The van der Waals surface area contributed by atoms with E-state index in [4.69, 9.17) is 33.4 Å². The van der Waals surface area contributed by atoms with E-state index in [1.807, 2.05) is 41.2 Å². The van der Waals surface area contributed by atoms with Crippen LogP contribution < -0.4 is 23.7 Å². The van der Waals surface area contributed by atoms with E-state index >= 15 is 0 Å². The molecule has 3 aliphatic rings. The molecule has 3 aromatic heterocycles. The Bertz CT molecular complexity index is 1980. The van der Waals surface area contributed by atoms with Gasteiger partial charge in [-0.05, 0) is 65.6 Å². The number of carbonyl (C=O) groups excluding carboxylic acids is 1. The molecule has 0 amide bonds. The van der Waals surface area contributed by atoms with Crippen molar-refractivity contribution in [3.8, 4) is 39.3 Å². The molecule has 3 aliphatic heterocycles. The number of halogens is 1. The summed E-state index contributed by atoms with van der Waals surface area (Å²) in [5, 5.41) is 2.02. The molecular formula is C32H28BrN3O7S2. The Labute approximate surface area is 275 Å². The van der Waals surface area contributed by atoms with Crippen molar-refractivity contribution in [2.24, 2.45) is 0 Å². The van der Waals surface area contributed by atoms with Crippen LogP contribution in [-0.2, 0) is 17.8 Å². The van der Waals surface area contributed by atoms with E-state index in [9.17, 15) is 4.79 Å². The molecule has 0 N–H and O–H groups in total. The van der Waals surface area contributed by atoms with E-state index < -0.39 is 12.1 Å². The number of benzene rings is 2. The summed E-state index contributed by atoms with van der Waals surface area (Å²) in [6.07, 6.45) is 2.22. The molecule has 0 saturated heterocycles. The average molecular weight is 711 g/mol. The van der Waals surface area contributed by atoms with Crippen molar-refractivity contribution in [3.05, 3.63) is 73.1 Å². The summed E-state index contributed by atoms with van der Waals surface area (Å²) in [4.78, 5) is 22.6. The highest BCUT2D eigenvalue weighted by Crippen LogP contribution is 2.55. The summed E-state index contributed by atoms with van der Waals surface area (Å²) < 4.78 is 38.8. The van der Waals surface area contributed by atoms with E-state index in [0.717, 1.165) is 54.7 Å². The highest BCUT2D eigenvalue weighted by molar-refractivity contribution is 9.11. The van der Waals surface area contributed by atoms with Crippen LogP contribution in [0, 0.1) is 6.92 Å². The molecule has 2 atom stereocenters. The van der Waals surface area contributed by atoms with Gasteiger partial charge in [-0.15, -0.1) is 22.7 Å². The van der Waals surface area contributed by atoms with Crippen molar-refractivity contribution in [2.75, 3.05) is 34.6 Å². The highest BCUT2D eigenvalue weighted by atomic mass is 79.9. The van der Waals surface area contributed by atoms with Crippen LogP contribution in [0.15, 0.2) is 39.6 Å². The lowest BCUT2D eigenvalue weighted by molar-refractivity contribution is 0.00871. The fourth-order valence-electron chi connectivity index (χ4n) is 6.44. The molecule has 2 aromatic carbocycles. The van der Waals surface area contributed by atoms with Crippen LogP contribution in [0.5, 0.6) is 28.7 Å². The van der Waals surface area contributed by atoms with E-state index in [0.29, 0.717) is 34.3 Å². The predicted molar refractivity (Wildman–Crippen MR) is 172 cm³/mol. The molecule has 8 rings (SSSR count).